The average Bonchev–Trinajstić information content (AvgIpc) is 3.12. The summed E-state index contributed by atoms with van der Waals surface area (Å²) in [5, 5.41) is 4.38. The number of amides is 1. The Morgan fingerprint density at radius 1 is 1.26 bits per heavy atom. The van der Waals surface area contributed by atoms with Gasteiger partial charge in [-0.15, -0.1) is 0 Å². The molecule has 2 heterocycles. The number of rotatable bonds is 5. The predicted molar refractivity (Wildman–Crippen MR) is 97.9 cm³/mol. The predicted octanol–water partition coefficient (Wildman–Crippen LogP) is 3.35. The van der Waals surface area contributed by atoms with Gasteiger partial charge in [0, 0.05) is 19.3 Å². The number of thiocarbonyl (C=S) groups is 1. The van der Waals surface area contributed by atoms with Crippen molar-refractivity contribution >= 4 is 40.3 Å². The Bertz CT molecular complexity index is 752. The van der Waals surface area contributed by atoms with Gasteiger partial charge in [-0.05, 0) is 31.1 Å². The van der Waals surface area contributed by atoms with E-state index < -0.39 is 0 Å². The van der Waals surface area contributed by atoms with E-state index in [9.17, 15) is 4.79 Å². The van der Waals surface area contributed by atoms with Crippen molar-refractivity contribution in [1.82, 2.24) is 14.7 Å². The summed E-state index contributed by atoms with van der Waals surface area (Å²) in [6.45, 7) is 3.45. The molecule has 23 heavy (non-hydrogen) atoms. The van der Waals surface area contributed by atoms with Crippen molar-refractivity contribution in [3.05, 3.63) is 58.8 Å². The van der Waals surface area contributed by atoms with E-state index >= 15 is 0 Å². The quantitative estimate of drug-likeness (QED) is 0.616. The highest BCUT2D eigenvalue weighted by atomic mass is 32.2. The zero-order valence-corrected chi connectivity index (χ0v) is 14.4. The van der Waals surface area contributed by atoms with Crippen LogP contribution >= 0.6 is 24.0 Å². The van der Waals surface area contributed by atoms with Crippen LogP contribution in [0.5, 0.6) is 0 Å². The van der Waals surface area contributed by atoms with Crippen LogP contribution in [-0.4, -0.2) is 31.5 Å². The fourth-order valence-corrected chi connectivity index (χ4v) is 3.64. The number of hydrogen-bond donors (Lipinski definition) is 0. The van der Waals surface area contributed by atoms with E-state index in [4.69, 9.17) is 12.2 Å². The number of aromatic nitrogens is 2. The molecule has 1 amide bonds. The Morgan fingerprint density at radius 2 is 2.04 bits per heavy atom. The van der Waals surface area contributed by atoms with Gasteiger partial charge < -0.3 is 0 Å². The van der Waals surface area contributed by atoms with Crippen LogP contribution < -0.4 is 0 Å². The molecule has 1 aliphatic heterocycles. The molecule has 4 nitrogen and oxygen atoms in total. The summed E-state index contributed by atoms with van der Waals surface area (Å²) >= 11 is 6.70. The lowest BCUT2D eigenvalue weighted by atomic mass is 10.1. The maximum absolute atomic E-state index is 12.5. The zero-order chi connectivity index (χ0) is 16.2. The molecule has 1 aliphatic rings. The highest BCUT2D eigenvalue weighted by Gasteiger charge is 2.31. The Kier molecular flexibility index (Phi) is 4.93. The summed E-state index contributed by atoms with van der Waals surface area (Å²) in [7, 11) is 0. The van der Waals surface area contributed by atoms with Gasteiger partial charge in [0.05, 0.1) is 10.6 Å². The van der Waals surface area contributed by atoms with Gasteiger partial charge in [0.1, 0.15) is 4.32 Å². The van der Waals surface area contributed by atoms with Crippen molar-refractivity contribution in [3.8, 4) is 0 Å². The van der Waals surface area contributed by atoms with Crippen LogP contribution in [0, 0.1) is 0 Å². The maximum atomic E-state index is 12.5. The Hall–Kier alpha value is -1.92. The van der Waals surface area contributed by atoms with Crippen LogP contribution in [0.15, 0.2) is 47.5 Å². The second-order valence-electron chi connectivity index (χ2n) is 5.17. The summed E-state index contributed by atoms with van der Waals surface area (Å²) in [6, 6.07) is 12.0. The first-order valence-electron chi connectivity index (χ1n) is 7.50. The zero-order valence-electron chi connectivity index (χ0n) is 12.8. The number of carbonyl (C=O) groups is 1. The molecule has 1 aromatic heterocycles. The van der Waals surface area contributed by atoms with Crippen LogP contribution in [0.4, 0.5) is 0 Å². The van der Waals surface area contributed by atoms with E-state index in [0.717, 1.165) is 18.7 Å². The van der Waals surface area contributed by atoms with Gasteiger partial charge in [-0.1, -0.05) is 54.3 Å². The molecule has 6 heteroatoms. The van der Waals surface area contributed by atoms with Crippen molar-refractivity contribution in [2.45, 2.75) is 19.9 Å². The summed E-state index contributed by atoms with van der Waals surface area (Å²) in [6.07, 6.45) is 4.51. The van der Waals surface area contributed by atoms with Crippen LogP contribution in [-0.2, 0) is 17.8 Å². The summed E-state index contributed by atoms with van der Waals surface area (Å²) in [5.41, 5.74) is 1.99. The fraction of sp³-hybridized carbons (Fsp3) is 0.235. The molecular weight excluding hydrogens is 326 g/mol. The largest absolute Gasteiger partial charge is 0.293 e. The van der Waals surface area contributed by atoms with Gasteiger partial charge in [-0.2, -0.15) is 5.10 Å². The molecule has 0 N–H and O–H groups in total. The topological polar surface area (TPSA) is 38.1 Å². The standard InChI is InChI=1S/C17H17N3OS2/c1-2-19-10-9-14(18-19)12-15-16(21)20(17(22)23-15)11-8-13-6-4-3-5-7-13/h3-7,9-10,12H,2,8,11H2,1H3/b15-12+. The SMILES string of the molecule is CCn1ccc(/C=C2/SC(=S)N(CCc3ccccc3)C2=O)n1. The molecule has 0 spiro atoms. The number of thioether (sulfide) groups is 1. The number of benzene rings is 1. The van der Waals surface area contributed by atoms with E-state index in [1.165, 1.54) is 17.3 Å². The van der Waals surface area contributed by atoms with Gasteiger partial charge >= 0.3 is 0 Å². The van der Waals surface area contributed by atoms with Crippen molar-refractivity contribution in [2.75, 3.05) is 6.54 Å². The van der Waals surface area contributed by atoms with E-state index in [0.29, 0.717) is 15.8 Å². The van der Waals surface area contributed by atoms with E-state index in [2.05, 4.69) is 17.2 Å². The monoisotopic (exact) mass is 343 g/mol. The van der Waals surface area contributed by atoms with Gasteiger partial charge in [0.2, 0.25) is 0 Å². The molecule has 2 aromatic rings. The highest BCUT2D eigenvalue weighted by molar-refractivity contribution is 8.26. The van der Waals surface area contributed by atoms with Crippen molar-refractivity contribution in [2.24, 2.45) is 0 Å². The third kappa shape index (κ3) is 3.71. The first-order chi connectivity index (χ1) is 11.2. The van der Waals surface area contributed by atoms with Crippen LogP contribution in [0.25, 0.3) is 6.08 Å². The lowest BCUT2D eigenvalue weighted by Gasteiger charge is -2.14. The molecule has 0 radical (unpaired) electrons. The molecule has 0 atom stereocenters. The van der Waals surface area contributed by atoms with Crippen LogP contribution in [0.1, 0.15) is 18.2 Å². The van der Waals surface area contributed by atoms with E-state index in [-0.39, 0.29) is 5.91 Å². The first-order valence-corrected chi connectivity index (χ1v) is 8.72. The molecular formula is C17H17N3OS2. The minimum atomic E-state index is -0.0259. The normalized spacial score (nSPS) is 16.6. The summed E-state index contributed by atoms with van der Waals surface area (Å²) in [4.78, 5) is 14.9. The number of carbonyl (C=O) groups excluding carboxylic acids is 1. The summed E-state index contributed by atoms with van der Waals surface area (Å²) < 4.78 is 2.45. The molecule has 0 unspecified atom stereocenters. The molecule has 3 rings (SSSR count). The second kappa shape index (κ2) is 7.10. The Morgan fingerprint density at radius 3 is 2.74 bits per heavy atom. The third-order valence-electron chi connectivity index (χ3n) is 3.60. The van der Waals surface area contributed by atoms with Crippen LogP contribution in [0.2, 0.25) is 0 Å². The fourth-order valence-electron chi connectivity index (χ4n) is 2.34. The van der Waals surface area contributed by atoms with Crippen molar-refractivity contribution in [3.63, 3.8) is 0 Å². The number of aryl methyl sites for hydroxylation is 1. The Labute approximate surface area is 145 Å². The van der Waals surface area contributed by atoms with Crippen LogP contribution in [0.3, 0.4) is 0 Å². The molecule has 1 saturated heterocycles. The van der Waals surface area contributed by atoms with Gasteiger partial charge in [0.25, 0.3) is 5.91 Å². The third-order valence-corrected chi connectivity index (χ3v) is 4.98. The Balaban J connectivity index is 1.69. The van der Waals surface area contributed by atoms with Gasteiger partial charge in [0.15, 0.2) is 0 Å². The van der Waals surface area contributed by atoms with Crippen molar-refractivity contribution < 1.29 is 4.79 Å². The van der Waals surface area contributed by atoms with E-state index in [1.807, 2.05) is 48.1 Å². The lowest BCUT2D eigenvalue weighted by molar-refractivity contribution is -0.122. The minimum absolute atomic E-state index is 0.0259. The molecule has 0 saturated carbocycles. The van der Waals surface area contributed by atoms with E-state index in [1.54, 1.807) is 4.90 Å². The number of nitrogens with zero attached hydrogens (tertiary/aromatic N) is 3. The maximum Gasteiger partial charge on any atom is 0.266 e. The lowest BCUT2D eigenvalue weighted by Crippen LogP contribution is -2.30. The van der Waals surface area contributed by atoms with Crippen molar-refractivity contribution in [1.29, 1.82) is 0 Å². The van der Waals surface area contributed by atoms with Gasteiger partial charge in [-0.25, -0.2) is 0 Å². The molecule has 1 fully saturated rings. The smallest absolute Gasteiger partial charge is 0.266 e. The molecule has 0 bridgehead atoms. The second-order valence-corrected chi connectivity index (χ2v) is 6.84. The molecule has 118 valence electrons. The molecule has 1 aromatic carbocycles. The average molecular weight is 343 g/mol. The minimum Gasteiger partial charge on any atom is -0.293 e. The molecule has 0 aliphatic carbocycles. The van der Waals surface area contributed by atoms with Gasteiger partial charge in [-0.3, -0.25) is 14.4 Å². The highest BCUT2D eigenvalue weighted by Crippen LogP contribution is 2.32. The number of hydrogen-bond acceptors (Lipinski definition) is 4. The summed E-state index contributed by atoms with van der Waals surface area (Å²) in [5.74, 6) is -0.0259. The first kappa shape index (κ1) is 16.0.